The molecule has 4 nitrogen and oxygen atoms in total. The van der Waals surface area contributed by atoms with Gasteiger partial charge in [-0.2, -0.15) is 0 Å². The van der Waals surface area contributed by atoms with Gasteiger partial charge >= 0.3 is 0 Å². The molecule has 1 aliphatic heterocycles. The average molecular weight is 277 g/mol. The van der Waals surface area contributed by atoms with Crippen molar-refractivity contribution >= 4 is 18.3 Å². The molecule has 2 fully saturated rings. The summed E-state index contributed by atoms with van der Waals surface area (Å²) in [5.74, 6) is 1.59. The van der Waals surface area contributed by atoms with E-state index in [0.29, 0.717) is 19.1 Å². The minimum absolute atomic E-state index is 0. The summed E-state index contributed by atoms with van der Waals surface area (Å²) in [6, 6.07) is 0. The van der Waals surface area contributed by atoms with Gasteiger partial charge in [-0.3, -0.25) is 4.79 Å². The Morgan fingerprint density at radius 1 is 1.33 bits per heavy atom. The number of ether oxygens (including phenoxy) is 1. The molecule has 106 valence electrons. The third kappa shape index (κ3) is 4.75. The van der Waals surface area contributed by atoms with Crippen LogP contribution in [0.15, 0.2) is 0 Å². The zero-order valence-corrected chi connectivity index (χ0v) is 11.9. The fourth-order valence-corrected chi connectivity index (χ4v) is 2.63. The average Bonchev–Trinajstić information content (AvgIpc) is 2.39. The van der Waals surface area contributed by atoms with Crippen molar-refractivity contribution in [2.45, 2.75) is 38.7 Å². The van der Waals surface area contributed by atoms with Crippen molar-refractivity contribution in [3.8, 4) is 0 Å². The van der Waals surface area contributed by atoms with Crippen molar-refractivity contribution in [2.75, 3.05) is 26.2 Å². The molecular weight excluding hydrogens is 252 g/mol. The highest BCUT2D eigenvalue weighted by atomic mass is 35.5. The van der Waals surface area contributed by atoms with Crippen LogP contribution in [0.1, 0.15) is 32.6 Å². The summed E-state index contributed by atoms with van der Waals surface area (Å²) in [5, 5.41) is 6.21. The second-order valence-electron chi connectivity index (χ2n) is 5.43. The van der Waals surface area contributed by atoms with Gasteiger partial charge in [0, 0.05) is 19.6 Å². The second kappa shape index (κ2) is 7.97. The molecule has 0 radical (unpaired) electrons. The maximum absolute atomic E-state index is 11.8. The Morgan fingerprint density at radius 2 is 2.06 bits per heavy atom. The Morgan fingerprint density at radius 3 is 2.67 bits per heavy atom. The van der Waals surface area contributed by atoms with Gasteiger partial charge in [0.2, 0.25) is 5.91 Å². The fraction of sp³-hybridized carbons (Fsp3) is 0.923. The minimum atomic E-state index is -0.286. The number of hydrogen-bond acceptors (Lipinski definition) is 3. The molecule has 0 spiro atoms. The Bertz CT molecular complexity index is 249. The number of carbonyl (C=O) groups is 1. The highest BCUT2D eigenvalue weighted by Crippen LogP contribution is 2.27. The van der Waals surface area contributed by atoms with E-state index in [-0.39, 0.29) is 24.4 Å². The lowest BCUT2D eigenvalue weighted by molar-refractivity contribution is -0.134. The lowest BCUT2D eigenvalue weighted by Gasteiger charge is -2.28. The number of rotatable bonds is 3. The lowest BCUT2D eigenvalue weighted by Crippen LogP contribution is -2.48. The first-order valence-electron chi connectivity index (χ1n) is 6.85. The van der Waals surface area contributed by atoms with Crippen molar-refractivity contribution in [3.05, 3.63) is 0 Å². The predicted octanol–water partition coefficient (Wildman–Crippen LogP) is 1.34. The summed E-state index contributed by atoms with van der Waals surface area (Å²) in [7, 11) is 0. The maximum atomic E-state index is 11.8. The smallest absolute Gasteiger partial charge is 0.250 e. The van der Waals surface area contributed by atoms with E-state index in [1.54, 1.807) is 0 Å². The molecule has 1 aliphatic carbocycles. The van der Waals surface area contributed by atoms with E-state index in [1.165, 1.54) is 25.7 Å². The molecule has 0 bridgehead atoms. The van der Waals surface area contributed by atoms with Crippen LogP contribution in [-0.4, -0.2) is 38.3 Å². The van der Waals surface area contributed by atoms with Gasteiger partial charge in [0.15, 0.2) is 0 Å². The Balaban J connectivity index is 0.00000162. The summed E-state index contributed by atoms with van der Waals surface area (Å²) in [4.78, 5) is 11.8. The molecule has 0 aromatic carbocycles. The lowest BCUT2D eigenvalue weighted by atomic mass is 9.83. The van der Waals surface area contributed by atoms with E-state index in [0.717, 1.165) is 19.0 Å². The van der Waals surface area contributed by atoms with Gasteiger partial charge in [0.25, 0.3) is 0 Å². The van der Waals surface area contributed by atoms with Crippen molar-refractivity contribution < 1.29 is 9.53 Å². The SMILES string of the molecule is CC1CCC(CNC(=O)C2CNCCO2)CC1.Cl. The van der Waals surface area contributed by atoms with E-state index in [2.05, 4.69) is 17.6 Å². The third-order valence-electron chi connectivity index (χ3n) is 3.92. The first kappa shape index (κ1) is 15.7. The Kier molecular flexibility index (Phi) is 6.97. The van der Waals surface area contributed by atoms with E-state index in [9.17, 15) is 4.79 Å². The molecule has 1 unspecified atom stereocenters. The van der Waals surface area contributed by atoms with E-state index < -0.39 is 0 Å². The number of hydrogen-bond donors (Lipinski definition) is 2. The minimum Gasteiger partial charge on any atom is -0.366 e. The fourth-order valence-electron chi connectivity index (χ4n) is 2.63. The van der Waals surface area contributed by atoms with Gasteiger partial charge in [-0.05, 0) is 24.7 Å². The summed E-state index contributed by atoms with van der Waals surface area (Å²) in [6.07, 6.45) is 4.84. The zero-order chi connectivity index (χ0) is 12.1. The van der Waals surface area contributed by atoms with E-state index in [1.807, 2.05) is 0 Å². The molecule has 5 heteroatoms. The van der Waals surface area contributed by atoms with Crippen molar-refractivity contribution in [3.63, 3.8) is 0 Å². The number of morpholine rings is 1. The van der Waals surface area contributed by atoms with Crippen molar-refractivity contribution in [1.29, 1.82) is 0 Å². The van der Waals surface area contributed by atoms with Crippen LogP contribution in [0.25, 0.3) is 0 Å². The number of carbonyl (C=O) groups excluding carboxylic acids is 1. The molecule has 1 heterocycles. The third-order valence-corrected chi connectivity index (χ3v) is 3.92. The van der Waals surface area contributed by atoms with Gasteiger partial charge in [0.1, 0.15) is 6.10 Å². The van der Waals surface area contributed by atoms with Crippen LogP contribution < -0.4 is 10.6 Å². The van der Waals surface area contributed by atoms with Gasteiger partial charge in [-0.1, -0.05) is 19.8 Å². The first-order valence-corrected chi connectivity index (χ1v) is 6.85. The highest BCUT2D eigenvalue weighted by Gasteiger charge is 2.23. The van der Waals surface area contributed by atoms with Crippen LogP contribution in [0.5, 0.6) is 0 Å². The molecule has 2 rings (SSSR count). The molecule has 0 aromatic rings. The van der Waals surface area contributed by atoms with Crippen LogP contribution in [0.4, 0.5) is 0 Å². The van der Waals surface area contributed by atoms with Crippen LogP contribution in [-0.2, 0) is 9.53 Å². The zero-order valence-electron chi connectivity index (χ0n) is 11.1. The van der Waals surface area contributed by atoms with Gasteiger partial charge < -0.3 is 15.4 Å². The molecule has 2 aliphatic rings. The topological polar surface area (TPSA) is 50.4 Å². The molecule has 2 N–H and O–H groups in total. The van der Waals surface area contributed by atoms with Crippen LogP contribution in [0.2, 0.25) is 0 Å². The highest BCUT2D eigenvalue weighted by molar-refractivity contribution is 5.85. The predicted molar refractivity (Wildman–Crippen MR) is 74.0 cm³/mol. The summed E-state index contributed by atoms with van der Waals surface area (Å²) < 4.78 is 5.42. The van der Waals surface area contributed by atoms with Gasteiger partial charge in [-0.25, -0.2) is 0 Å². The van der Waals surface area contributed by atoms with Crippen LogP contribution in [0.3, 0.4) is 0 Å². The van der Waals surface area contributed by atoms with E-state index in [4.69, 9.17) is 4.74 Å². The molecule has 18 heavy (non-hydrogen) atoms. The largest absolute Gasteiger partial charge is 0.366 e. The molecule has 1 saturated carbocycles. The number of nitrogens with one attached hydrogen (secondary N) is 2. The second-order valence-corrected chi connectivity index (χ2v) is 5.43. The first-order chi connectivity index (χ1) is 8.25. The summed E-state index contributed by atoms with van der Waals surface area (Å²) >= 11 is 0. The Labute approximate surface area is 116 Å². The number of amides is 1. The Hall–Kier alpha value is -0.320. The van der Waals surface area contributed by atoms with Gasteiger partial charge in [-0.15, -0.1) is 12.4 Å². The van der Waals surface area contributed by atoms with E-state index >= 15 is 0 Å². The van der Waals surface area contributed by atoms with Crippen LogP contribution >= 0.6 is 12.4 Å². The monoisotopic (exact) mass is 276 g/mol. The molecule has 1 amide bonds. The quantitative estimate of drug-likeness (QED) is 0.818. The molecule has 1 saturated heterocycles. The maximum Gasteiger partial charge on any atom is 0.250 e. The normalized spacial score (nSPS) is 32.4. The van der Waals surface area contributed by atoms with Crippen molar-refractivity contribution in [1.82, 2.24) is 10.6 Å². The van der Waals surface area contributed by atoms with Gasteiger partial charge in [0.05, 0.1) is 6.61 Å². The molecule has 1 atom stereocenters. The summed E-state index contributed by atoms with van der Waals surface area (Å²) in [5.41, 5.74) is 0. The summed E-state index contributed by atoms with van der Waals surface area (Å²) in [6.45, 7) is 5.28. The molecule has 0 aromatic heterocycles. The molecular formula is C13H25ClN2O2. The number of halogens is 1. The van der Waals surface area contributed by atoms with Crippen molar-refractivity contribution in [2.24, 2.45) is 11.8 Å². The van der Waals surface area contributed by atoms with Crippen LogP contribution in [0, 0.1) is 11.8 Å². The standard InChI is InChI=1S/C13H24N2O2.ClH/c1-10-2-4-11(5-3-10)8-15-13(16)12-9-14-6-7-17-12;/h10-12,14H,2-9H2,1H3,(H,15,16);1H.